The van der Waals surface area contributed by atoms with Crippen LogP contribution in [0.4, 0.5) is 0 Å². The van der Waals surface area contributed by atoms with Crippen molar-refractivity contribution in [2.45, 2.75) is 0 Å². The predicted octanol–water partition coefficient (Wildman–Crippen LogP) is 9.28. The molecule has 0 unspecified atom stereocenters. The van der Waals surface area contributed by atoms with Crippen LogP contribution in [0.3, 0.4) is 0 Å². The van der Waals surface area contributed by atoms with Gasteiger partial charge in [-0.25, -0.2) is 9.03 Å². The van der Waals surface area contributed by atoms with Crippen LogP contribution in [0.15, 0.2) is 221 Å². The molecule has 0 fully saturated rings. The van der Waals surface area contributed by atoms with E-state index in [1.807, 2.05) is 36.4 Å². The lowest BCUT2D eigenvalue weighted by atomic mass is 10.4. The van der Waals surface area contributed by atoms with Gasteiger partial charge < -0.3 is 0 Å². The number of hydrogen-bond acceptors (Lipinski definition) is 1. The molecule has 234 valence electrons. The third-order valence-corrected chi connectivity index (χ3v) is 19.9. The molecule has 0 saturated carbocycles. The number of rotatable bonds is 9. The Balaban J connectivity index is 1.78. The van der Waals surface area contributed by atoms with Crippen molar-refractivity contribution in [3.05, 3.63) is 212 Å². The van der Waals surface area contributed by atoms with Crippen molar-refractivity contribution in [3.8, 4) is 0 Å². The molecule has 6 heteroatoms. The van der Waals surface area contributed by atoms with Crippen LogP contribution in [0, 0.1) is 5.16 Å². The summed E-state index contributed by atoms with van der Waals surface area (Å²) in [5, 5.41) is 18.0. The van der Waals surface area contributed by atoms with Crippen LogP contribution in [0.2, 0.25) is 0 Å². The van der Waals surface area contributed by atoms with E-state index in [0.29, 0.717) is 0 Å². The quantitative estimate of drug-likeness (QED) is 0.148. The van der Waals surface area contributed by atoms with E-state index >= 15 is 0 Å². The Morgan fingerprint density at radius 3 is 0.771 bits per heavy atom. The SMILES string of the molecule is N=P(N=P(N=P(c1ccccc1)(c1ccccc1)c1ccccc1)(c1ccccc1)c1ccccc1)(c1ccccc1)c1ccccc1. The summed E-state index contributed by atoms with van der Waals surface area (Å²) in [5.74, 6) is 0. The molecule has 0 radical (unpaired) electrons. The molecular formula is C42H36N3P3. The summed E-state index contributed by atoms with van der Waals surface area (Å²) in [6, 6.07) is 73.7. The van der Waals surface area contributed by atoms with Crippen LogP contribution >= 0.6 is 21.5 Å². The van der Waals surface area contributed by atoms with Crippen molar-refractivity contribution in [3.63, 3.8) is 0 Å². The molecule has 7 aromatic rings. The zero-order valence-corrected chi connectivity index (χ0v) is 29.1. The summed E-state index contributed by atoms with van der Waals surface area (Å²) in [6.45, 7) is 0. The van der Waals surface area contributed by atoms with Gasteiger partial charge in [0.2, 0.25) is 0 Å². The second-order valence-electron chi connectivity index (χ2n) is 11.4. The van der Waals surface area contributed by atoms with Crippen LogP contribution in [0.25, 0.3) is 0 Å². The maximum atomic E-state index is 10.6. The Morgan fingerprint density at radius 1 is 0.271 bits per heavy atom. The zero-order valence-electron chi connectivity index (χ0n) is 26.4. The normalized spacial score (nSPS) is 11.8. The first kappa shape index (κ1) is 31.8. The summed E-state index contributed by atoms with van der Waals surface area (Å²) in [6.07, 6.45) is 0. The lowest BCUT2D eigenvalue weighted by Crippen LogP contribution is -2.27. The van der Waals surface area contributed by atoms with Crippen molar-refractivity contribution < 1.29 is 0 Å². The molecule has 0 aromatic heterocycles. The molecule has 7 rings (SSSR count). The van der Waals surface area contributed by atoms with Gasteiger partial charge in [-0.3, -0.25) is 5.16 Å². The molecule has 7 aromatic carbocycles. The van der Waals surface area contributed by atoms with Crippen LogP contribution in [0.5, 0.6) is 0 Å². The van der Waals surface area contributed by atoms with Crippen LogP contribution < -0.4 is 37.1 Å². The van der Waals surface area contributed by atoms with Crippen molar-refractivity contribution in [2.24, 2.45) is 9.03 Å². The highest BCUT2D eigenvalue weighted by Gasteiger charge is 2.36. The van der Waals surface area contributed by atoms with Gasteiger partial charge in [0.1, 0.15) is 14.4 Å². The Kier molecular flexibility index (Phi) is 9.38. The molecule has 0 spiro atoms. The number of benzene rings is 7. The third kappa shape index (κ3) is 6.03. The van der Waals surface area contributed by atoms with E-state index in [1.54, 1.807) is 0 Å². The minimum absolute atomic E-state index is 0.908. The second-order valence-corrected chi connectivity index (χ2v) is 20.2. The van der Waals surface area contributed by atoms with Crippen molar-refractivity contribution in [1.29, 1.82) is 5.16 Å². The molecule has 0 bridgehead atoms. The highest BCUT2D eigenvalue weighted by atomic mass is 31.2. The molecule has 0 aliphatic carbocycles. The Morgan fingerprint density at radius 2 is 0.500 bits per heavy atom. The lowest BCUT2D eigenvalue weighted by Gasteiger charge is -2.34. The average Bonchev–Trinajstić information content (AvgIpc) is 3.19. The summed E-state index contributed by atoms with van der Waals surface area (Å²) in [5.41, 5.74) is 0. The highest BCUT2D eigenvalue weighted by Crippen LogP contribution is 2.66. The molecular weight excluding hydrogens is 639 g/mol. The monoisotopic (exact) mass is 675 g/mol. The predicted molar refractivity (Wildman–Crippen MR) is 211 cm³/mol. The fourth-order valence-electron chi connectivity index (χ4n) is 6.11. The van der Waals surface area contributed by atoms with Gasteiger partial charge in [-0.05, 0) is 0 Å². The van der Waals surface area contributed by atoms with Gasteiger partial charge >= 0.3 is 0 Å². The van der Waals surface area contributed by atoms with Crippen molar-refractivity contribution >= 4 is 58.6 Å². The summed E-state index contributed by atoms with van der Waals surface area (Å²) < 4.78 is 12.4. The summed E-state index contributed by atoms with van der Waals surface area (Å²) >= 11 is 0. The summed E-state index contributed by atoms with van der Waals surface area (Å²) in [7, 11) is -9.01. The average molecular weight is 676 g/mol. The Labute approximate surface area is 284 Å². The largest absolute Gasteiger partial charge is 0.289 e. The van der Waals surface area contributed by atoms with Gasteiger partial charge in [-0.1, -0.05) is 212 Å². The van der Waals surface area contributed by atoms with Gasteiger partial charge in [0.25, 0.3) is 0 Å². The first-order valence-electron chi connectivity index (χ1n) is 16.0. The topological polar surface area (TPSA) is 48.6 Å². The van der Waals surface area contributed by atoms with Crippen LogP contribution in [0.1, 0.15) is 0 Å². The fraction of sp³-hybridized carbons (Fsp3) is 0. The molecule has 0 aliphatic heterocycles. The molecule has 0 amide bonds. The number of nitrogens with one attached hydrogen (secondary N) is 1. The molecule has 3 nitrogen and oxygen atoms in total. The number of hydrogen-bond donors (Lipinski definition) is 1. The van der Waals surface area contributed by atoms with Gasteiger partial charge in [-0.15, -0.1) is 0 Å². The van der Waals surface area contributed by atoms with Gasteiger partial charge in [0.05, 0.1) is 7.05 Å². The van der Waals surface area contributed by atoms with Crippen molar-refractivity contribution in [2.75, 3.05) is 0 Å². The van der Waals surface area contributed by atoms with Gasteiger partial charge in [-0.2, -0.15) is 0 Å². The number of nitrogens with zero attached hydrogens (tertiary/aromatic N) is 2. The Hall–Kier alpha value is -4.77. The maximum Gasteiger partial charge on any atom is 0.136 e. The minimum atomic E-state index is -3.14. The highest BCUT2D eigenvalue weighted by molar-refractivity contribution is 7.97. The second kappa shape index (κ2) is 14.1. The lowest BCUT2D eigenvalue weighted by molar-refractivity contribution is 1.55. The smallest absolute Gasteiger partial charge is 0.136 e. The van der Waals surface area contributed by atoms with E-state index in [2.05, 4.69) is 176 Å². The maximum absolute atomic E-state index is 10.6. The van der Waals surface area contributed by atoms with Crippen LogP contribution in [-0.4, -0.2) is 0 Å². The van der Waals surface area contributed by atoms with E-state index in [1.165, 1.54) is 0 Å². The molecule has 1 N–H and O–H groups in total. The van der Waals surface area contributed by atoms with Gasteiger partial charge in [0.15, 0.2) is 0 Å². The van der Waals surface area contributed by atoms with Crippen molar-refractivity contribution in [1.82, 2.24) is 0 Å². The molecule has 0 aliphatic rings. The van der Waals surface area contributed by atoms with E-state index in [9.17, 15) is 5.16 Å². The van der Waals surface area contributed by atoms with E-state index < -0.39 is 21.5 Å². The molecule has 48 heavy (non-hydrogen) atoms. The molecule has 0 heterocycles. The van der Waals surface area contributed by atoms with E-state index in [-0.39, 0.29) is 0 Å². The molecule has 0 saturated heterocycles. The van der Waals surface area contributed by atoms with Gasteiger partial charge in [0, 0.05) is 37.1 Å². The fourth-order valence-corrected chi connectivity index (χ4v) is 19.1. The van der Waals surface area contributed by atoms with E-state index in [4.69, 9.17) is 9.03 Å². The standard InChI is InChI=1S/C42H36N3P3/c43-47(39-28-14-4-15-29-39,40-30-16-5-17-31-40)45-48(41-32-18-6-19-33-41,42-34-20-7-21-35-42)44-46(36-22-8-1-9-23-36,37-24-10-2-11-25-37)38-26-12-3-13-27-38/h1-35,43H. The van der Waals surface area contributed by atoms with E-state index in [0.717, 1.165) is 37.1 Å². The zero-order chi connectivity index (χ0) is 32.7. The first-order chi connectivity index (χ1) is 23.7. The van der Waals surface area contributed by atoms with Crippen LogP contribution in [-0.2, 0) is 0 Å². The summed E-state index contributed by atoms with van der Waals surface area (Å²) in [4.78, 5) is 0. The molecule has 0 atom stereocenters. The third-order valence-electron chi connectivity index (χ3n) is 8.41. The Bertz CT molecular complexity index is 2050. The first-order valence-corrected chi connectivity index (χ1v) is 21.1. The minimum Gasteiger partial charge on any atom is -0.289 e.